The highest BCUT2D eigenvalue weighted by Gasteiger charge is 2.07. The van der Waals surface area contributed by atoms with Crippen LogP contribution in [-0.2, 0) is 16.0 Å². The van der Waals surface area contributed by atoms with E-state index >= 15 is 0 Å². The first-order valence-electron chi connectivity index (χ1n) is 5.00. The maximum absolute atomic E-state index is 10.5. The van der Waals surface area contributed by atoms with E-state index in [9.17, 15) is 4.79 Å². The molecule has 0 amide bonds. The Hall–Kier alpha value is -1.35. The molecule has 0 aliphatic heterocycles. The fourth-order valence-electron chi connectivity index (χ4n) is 1.56. The Kier molecular flexibility index (Phi) is 4.31. The molecule has 0 radical (unpaired) electrons. The molecule has 0 aliphatic rings. The standard InChI is InChI=1S/C12H16O3/c1-3-11(15-2)10-6-4-9(5-7-10)8-12(13)14/h4-7,11H,3,8H2,1-2H3,(H,13,14)/t11-/m1/s1. The van der Waals surface area contributed by atoms with Crippen molar-refractivity contribution in [2.24, 2.45) is 0 Å². The van der Waals surface area contributed by atoms with Crippen molar-refractivity contribution in [3.63, 3.8) is 0 Å². The first-order valence-corrected chi connectivity index (χ1v) is 5.00. The number of methoxy groups -OCH3 is 1. The molecular formula is C12H16O3. The summed E-state index contributed by atoms with van der Waals surface area (Å²) in [6, 6.07) is 7.53. The third-order valence-corrected chi connectivity index (χ3v) is 2.36. The van der Waals surface area contributed by atoms with Crippen LogP contribution in [0.4, 0.5) is 0 Å². The number of ether oxygens (including phenoxy) is 1. The predicted molar refractivity (Wildman–Crippen MR) is 57.8 cm³/mol. The summed E-state index contributed by atoms with van der Waals surface area (Å²) >= 11 is 0. The van der Waals surface area contributed by atoms with Gasteiger partial charge in [0.25, 0.3) is 0 Å². The lowest BCUT2D eigenvalue weighted by atomic mass is 10.0. The van der Waals surface area contributed by atoms with Crippen molar-refractivity contribution < 1.29 is 14.6 Å². The molecule has 0 saturated carbocycles. The second-order valence-corrected chi connectivity index (χ2v) is 3.44. The Morgan fingerprint density at radius 1 is 1.40 bits per heavy atom. The van der Waals surface area contributed by atoms with E-state index in [0.29, 0.717) is 0 Å². The van der Waals surface area contributed by atoms with Crippen LogP contribution in [0.15, 0.2) is 24.3 Å². The van der Waals surface area contributed by atoms with Crippen LogP contribution >= 0.6 is 0 Å². The quantitative estimate of drug-likeness (QED) is 0.808. The van der Waals surface area contributed by atoms with Gasteiger partial charge in [-0.2, -0.15) is 0 Å². The van der Waals surface area contributed by atoms with Gasteiger partial charge in [0.1, 0.15) is 0 Å². The fraction of sp³-hybridized carbons (Fsp3) is 0.417. The molecular weight excluding hydrogens is 192 g/mol. The van der Waals surface area contributed by atoms with E-state index < -0.39 is 5.97 Å². The SMILES string of the molecule is CC[C@@H](OC)c1ccc(CC(=O)O)cc1. The summed E-state index contributed by atoms with van der Waals surface area (Å²) in [6.45, 7) is 2.05. The third kappa shape index (κ3) is 3.36. The maximum Gasteiger partial charge on any atom is 0.307 e. The minimum absolute atomic E-state index is 0.0735. The summed E-state index contributed by atoms with van der Waals surface area (Å²) in [5.41, 5.74) is 1.91. The van der Waals surface area contributed by atoms with Crippen LogP contribution < -0.4 is 0 Å². The number of rotatable bonds is 5. The maximum atomic E-state index is 10.5. The van der Waals surface area contributed by atoms with Crippen molar-refractivity contribution in [2.75, 3.05) is 7.11 Å². The van der Waals surface area contributed by atoms with E-state index in [1.165, 1.54) is 0 Å². The van der Waals surface area contributed by atoms with Gasteiger partial charge in [-0.25, -0.2) is 0 Å². The summed E-state index contributed by atoms with van der Waals surface area (Å²) in [5, 5.41) is 8.61. The molecule has 82 valence electrons. The number of hydrogen-bond donors (Lipinski definition) is 1. The summed E-state index contributed by atoms with van der Waals surface area (Å²) in [4.78, 5) is 10.5. The van der Waals surface area contributed by atoms with Crippen molar-refractivity contribution in [1.82, 2.24) is 0 Å². The average Bonchev–Trinajstić information content (AvgIpc) is 2.21. The van der Waals surface area contributed by atoms with Gasteiger partial charge in [0.05, 0.1) is 12.5 Å². The molecule has 0 bridgehead atoms. The summed E-state index contributed by atoms with van der Waals surface area (Å²) in [6.07, 6.45) is 1.09. The first-order chi connectivity index (χ1) is 7.17. The molecule has 0 heterocycles. The van der Waals surface area contributed by atoms with E-state index in [2.05, 4.69) is 6.92 Å². The number of hydrogen-bond acceptors (Lipinski definition) is 2. The number of carbonyl (C=O) groups is 1. The molecule has 0 saturated heterocycles. The van der Waals surface area contributed by atoms with Gasteiger partial charge in [-0.15, -0.1) is 0 Å². The molecule has 0 unspecified atom stereocenters. The molecule has 1 aromatic carbocycles. The minimum Gasteiger partial charge on any atom is -0.481 e. The molecule has 15 heavy (non-hydrogen) atoms. The van der Waals surface area contributed by atoms with Crippen LogP contribution in [0.2, 0.25) is 0 Å². The van der Waals surface area contributed by atoms with Gasteiger partial charge in [-0.3, -0.25) is 4.79 Å². The topological polar surface area (TPSA) is 46.5 Å². The molecule has 1 rings (SSSR count). The van der Waals surface area contributed by atoms with E-state index in [-0.39, 0.29) is 12.5 Å². The molecule has 3 heteroatoms. The van der Waals surface area contributed by atoms with E-state index in [1.54, 1.807) is 7.11 Å². The lowest BCUT2D eigenvalue weighted by Crippen LogP contribution is -2.02. The smallest absolute Gasteiger partial charge is 0.307 e. The van der Waals surface area contributed by atoms with Crippen molar-refractivity contribution >= 4 is 5.97 Å². The van der Waals surface area contributed by atoms with Crippen LogP contribution in [0.1, 0.15) is 30.6 Å². The highest BCUT2D eigenvalue weighted by atomic mass is 16.5. The third-order valence-electron chi connectivity index (χ3n) is 2.36. The van der Waals surface area contributed by atoms with E-state index in [1.807, 2.05) is 24.3 Å². The van der Waals surface area contributed by atoms with Gasteiger partial charge in [-0.05, 0) is 17.5 Å². The highest BCUT2D eigenvalue weighted by molar-refractivity contribution is 5.70. The van der Waals surface area contributed by atoms with Crippen molar-refractivity contribution in [3.8, 4) is 0 Å². The molecule has 0 fully saturated rings. The van der Waals surface area contributed by atoms with Crippen molar-refractivity contribution in [1.29, 1.82) is 0 Å². The van der Waals surface area contributed by atoms with Gasteiger partial charge < -0.3 is 9.84 Å². The van der Waals surface area contributed by atoms with Crippen LogP contribution in [0.5, 0.6) is 0 Å². The molecule has 0 aromatic heterocycles. The number of carboxylic acids is 1. The molecule has 0 aliphatic carbocycles. The number of aliphatic carboxylic acids is 1. The van der Waals surface area contributed by atoms with Gasteiger partial charge in [0, 0.05) is 7.11 Å². The fourth-order valence-corrected chi connectivity index (χ4v) is 1.56. The molecule has 1 aromatic rings. The molecule has 0 spiro atoms. The second kappa shape index (κ2) is 5.51. The Morgan fingerprint density at radius 2 is 2.00 bits per heavy atom. The van der Waals surface area contributed by atoms with Crippen LogP contribution in [0.25, 0.3) is 0 Å². The molecule has 3 nitrogen and oxygen atoms in total. The monoisotopic (exact) mass is 208 g/mol. The van der Waals surface area contributed by atoms with Crippen LogP contribution in [0, 0.1) is 0 Å². The van der Waals surface area contributed by atoms with E-state index in [0.717, 1.165) is 17.5 Å². The van der Waals surface area contributed by atoms with Crippen molar-refractivity contribution in [2.45, 2.75) is 25.9 Å². The van der Waals surface area contributed by atoms with E-state index in [4.69, 9.17) is 9.84 Å². The molecule has 1 N–H and O–H groups in total. The molecule has 1 atom stereocenters. The summed E-state index contributed by atoms with van der Waals surface area (Å²) in [7, 11) is 1.68. The zero-order valence-electron chi connectivity index (χ0n) is 9.06. The highest BCUT2D eigenvalue weighted by Crippen LogP contribution is 2.20. The minimum atomic E-state index is -0.804. The zero-order chi connectivity index (χ0) is 11.3. The van der Waals surface area contributed by atoms with Gasteiger partial charge >= 0.3 is 5.97 Å². The van der Waals surface area contributed by atoms with Gasteiger partial charge in [0.15, 0.2) is 0 Å². The largest absolute Gasteiger partial charge is 0.481 e. The predicted octanol–water partition coefficient (Wildman–Crippen LogP) is 2.41. The first kappa shape index (κ1) is 11.7. The van der Waals surface area contributed by atoms with Crippen LogP contribution in [-0.4, -0.2) is 18.2 Å². The van der Waals surface area contributed by atoms with Crippen molar-refractivity contribution in [3.05, 3.63) is 35.4 Å². The normalized spacial score (nSPS) is 12.4. The summed E-state index contributed by atoms with van der Waals surface area (Å²) in [5.74, 6) is -0.804. The van der Waals surface area contributed by atoms with Gasteiger partial charge in [-0.1, -0.05) is 31.2 Å². The number of carboxylic acid groups (broad SMARTS) is 1. The second-order valence-electron chi connectivity index (χ2n) is 3.44. The average molecular weight is 208 g/mol. The Bertz CT molecular complexity index is 312. The zero-order valence-corrected chi connectivity index (χ0v) is 9.06. The Labute approximate surface area is 89.7 Å². The van der Waals surface area contributed by atoms with Gasteiger partial charge in [0.2, 0.25) is 0 Å². The summed E-state index contributed by atoms with van der Waals surface area (Å²) < 4.78 is 5.29. The Morgan fingerprint density at radius 3 is 2.40 bits per heavy atom. The Balaban J connectivity index is 2.75. The lowest BCUT2D eigenvalue weighted by molar-refractivity contribution is -0.136. The number of benzene rings is 1. The lowest BCUT2D eigenvalue weighted by Gasteiger charge is -2.13. The van der Waals surface area contributed by atoms with Crippen LogP contribution in [0.3, 0.4) is 0 Å².